The lowest BCUT2D eigenvalue weighted by Gasteiger charge is -2.22. The highest BCUT2D eigenvalue weighted by Crippen LogP contribution is 2.40. The number of allylic oxidation sites excluding steroid dienone is 2. The molecule has 1 aliphatic heterocycles. The number of ether oxygens (including phenoxy) is 1. The van der Waals surface area contributed by atoms with E-state index in [9.17, 15) is 14.4 Å². The largest absolute Gasteiger partial charge is 0.457 e. The van der Waals surface area contributed by atoms with Crippen LogP contribution in [0.1, 0.15) is 23.9 Å². The molecule has 6 nitrogen and oxygen atoms in total. The molecule has 3 atom stereocenters. The number of carbonyl (C=O) groups is 3. The molecule has 132 valence electrons. The Morgan fingerprint density at radius 3 is 2.58 bits per heavy atom. The van der Waals surface area contributed by atoms with E-state index in [2.05, 4.69) is 0 Å². The summed E-state index contributed by atoms with van der Waals surface area (Å²) < 4.78 is 10.2. The smallest absolute Gasteiger partial charge is 0.379 e. The zero-order chi connectivity index (χ0) is 18.3. The van der Waals surface area contributed by atoms with Crippen LogP contribution in [-0.2, 0) is 9.59 Å². The van der Waals surface area contributed by atoms with E-state index in [-0.39, 0.29) is 35.3 Å². The molecule has 0 radical (unpaired) electrons. The molecule has 2 aliphatic rings. The molecule has 2 heterocycles. The fourth-order valence-electron chi connectivity index (χ4n) is 3.62. The lowest BCUT2D eigenvalue weighted by Crippen LogP contribution is -2.31. The van der Waals surface area contributed by atoms with Gasteiger partial charge in [-0.25, -0.2) is 4.79 Å². The number of esters is 1. The molecule has 1 saturated heterocycles. The fraction of sp³-hybridized carbons (Fsp3) is 0.250. The average Bonchev–Trinajstić information content (AvgIpc) is 3.25. The molecule has 2 aromatic rings. The van der Waals surface area contributed by atoms with Crippen molar-refractivity contribution < 1.29 is 23.5 Å². The maximum atomic E-state index is 12.8. The number of anilines is 1. The second-order valence-electron chi connectivity index (χ2n) is 6.53. The molecule has 4 rings (SSSR count). The molecule has 1 aromatic heterocycles. The van der Waals surface area contributed by atoms with Crippen LogP contribution in [0, 0.1) is 17.8 Å². The number of carbonyl (C=O) groups excluding carboxylic acids is 3. The third-order valence-corrected chi connectivity index (χ3v) is 4.90. The number of fused-ring (bicyclic) bond motifs is 1. The van der Waals surface area contributed by atoms with E-state index in [4.69, 9.17) is 9.15 Å². The highest BCUT2D eigenvalue weighted by atomic mass is 16.5. The summed E-state index contributed by atoms with van der Waals surface area (Å²) >= 11 is 0. The van der Waals surface area contributed by atoms with Crippen molar-refractivity contribution in [2.45, 2.75) is 13.3 Å². The number of hydrogen-bond acceptors (Lipinski definition) is 5. The van der Waals surface area contributed by atoms with Gasteiger partial charge in [0.1, 0.15) is 5.75 Å². The van der Waals surface area contributed by atoms with Gasteiger partial charge in [0.2, 0.25) is 17.6 Å². The van der Waals surface area contributed by atoms with Gasteiger partial charge < -0.3 is 9.15 Å². The van der Waals surface area contributed by atoms with E-state index in [0.717, 1.165) is 0 Å². The number of nitrogens with zero attached hydrogens (tertiary/aromatic N) is 1. The molecule has 1 aromatic carbocycles. The van der Waals surface area contributed by atoms with Gasteiger partial charge in [0, 0.05) is 0 Å². The van der Waals surface area contributed by atoms with Crippen molar-refractivity contribution in [1.29, 1.82) is 0 Å². The summed E-state index contributed by atoms with van der Waals surface area (Å²) in [6, 6.07) is 9.43. The SMILES string of the molecule is C[C@H]1C=CC[C@H]2C(=O)N(c3ccc(OC(=O)c4ccco4)cc3)C(=O)[C@H]12. The van der Waals surface area contributed by atoms with Gasteiger partial charge in [-0.2, -0.15) is 0 Å². The molecule has 0 saturated carbocycles. The van der Waals surface area contributed by atoms with Gasteiger partial charge in [0.25, 0.3) is 0 Å². The Kier molecular flexibility index (Phi) is 3.95. The third kappa shape index (κ3) is 2.63. The van der Waals surface area contributed by atoms with Crippen LogP contribution in [0.15, 0.2) is 59.2 Å². The van der Waals surface area contributed by atoms with Crippen LogP contribution in [0.3, 0.4) is 0 Å². The van der Waals surface area contributed by atoms with Crippen LogP contribution in [0.4, 0.5) is 5.69 Å². The molecule has 6 heteroatoms. The minimum absolute atomic E-state index is 0.0451. The summed E-state index contributed by atoms with van der Waals surface area (Å²) in [6.07, 6.45) is 5.94. The van der Waals surface area contributed by atoms with Gasteiger partial charge in [-0.3, -0.25) is 14.5 Å². The summed E-state index contributed by atoms with van der Waals surface area (Å²) in [7, 11) is 0. The van der Waals surface area contributed by atoms with Crippen LogP contribution in [0.25, 0.3) is 0 Å². The van der Waals surface area contributed by atoms with E-state index < -0.39 is 5.97 Å². The van der Waals surface area contributed by atoms with Crippen LogP contribution in [0.2, 0.25) is 0 Å². The Bertz CT molecular complexity index is 881. The molecular formula is C20H17NO5. The minimum Gasteiger partial charge on any atom is -0.457 e. The number of hydrogen-bond donors (Lipinski definition) is 0. The fourth-order valence-corrected chi connectivity index (χ4v) is 3.62. The summed E-state index contributed by atoms with van der Waals surface area (Å²) in [4.78, 5) is 38.6. The summed E-state index contributed by atoms with van der Waals surface area (Å²) in [6.45, 7) is 1.96. The van der Waals surface area contributed by atoms with E-state index in [1.807, 2.05) is 19.1 Å². The van der Waals surface area contributed by atoms with Crippen LogP contribution < -0.4 is 9.64 Å². The summed E-state index contributed by atoms with van der Waals surface area (Å²) in [5.41, 5.74) is 0.486. The molecule has 2 amide bonds. The number of amides is 2. The van der Waals surface area contributed by atoms with E-state index >= 15 is 0 Å². The third-order valence-electron chi connectivity index (χ3n) is 4.90. The monoisotopic (exact) mass is 351 g/mol. The highest BCUT2D eigenvalue weighted by molar-refractivity contribution is 6.22. The molecular weight excluding hydrogens is 334 g/mol. The molecule has 26 heavy (non-hydrogen) atoms. The van der Waals surface area contributed by atoms with Gasteiger partial charge in [0.15, 0.2) is 0 Å². The predicted octanol–water partition coefficient (Wildman–Crippen LogP) is 3.20. The zero-order valence-corrected chi connectivity index (χ0v) is 14.1. The number of imide groups is 1. The molecule has 0 bridgehead atoms. The first kappa shape index (κ1) is 16.3. The van der Waals surface area contributed by atoms with Crippen molar-refractivity contribution in [3.05, 3.63) is 60.6 Å². The summed E-state index contributed by atoms with van der Waals surface area (Å²) in [5.74, 6) is -1.09. The topological polar surface area (TPSA) is 76.8 Å². The Hall–Kier alpha value is -3.15. The first-order valence-electron chi connectivity index (χ1n) is 8.46. The highest BCUT2D eigenvalue weighted by Gasteiger charge is 2.50. The second kappa shape index (κ2) is 6.29. The van der Waals surface area contributed by atoms with Crippen LogP contribution in [-0.4, -0.2) is 17.8 Å². The van der Waals surface area contributed by atoms with E-state index in [0.29, 0.717) is 17.9 Å². The molecule has 0 N–H and O–H groups in total. The Labute approximate surface area is 150 Å². The number of rotatable bonds is 3. The Morgan fingerprint density at radius 2 is 1.92 bits per heavy atom. The first-order valence-corrected chi connectivity index (χ1v) is 8.46. The van der Waals surface area contributed by atoms with Gasteiger partial charge in [-0.1, -0.05) is 19.1 Å². The van der Waals surface area contributed by atoms with Crippen molar-refractivity contribution in [3.63, 3.8) is 0 Å². The molecule has 1 fully saturated rings. The van der Waals surface area contributed by atoms with Crippen molar-refractivity contribution in [2.75, 3.05) is 4.90 Å². The lowest BCUT2D eigenvalue weighted by molar-refractivity contribution is -0.122. The summed E-state index contributed by atoms with van der Waals surface area (Å²) in [5, 5.41) is 0. The Balaban J connectivity index is 1.53. The van der Waals surface area contributed by atoms with Gasteiger partial charge in [-0.05, 0) is 48.7 Å². The molecule has 1 aliphatic carbocycles. The second-order valence-corrected chi connectivity index (χ2v) is 6.53. The predicted molar refractivity (Wildman–Crippen MR) is 92.5 cm³/mol. The van der Waals surface area contributed by atoms with E-state index in [1.165, 1.54) is 17.2 Å². The Morgan fingerprint density at radius 1 is 1.15 bits per heavy atom. The van der Waals surface area contributed by atoms with Gasteiger partial charge in [-0.15, -0.1) is 0 Å². The molecule has 0 unspecified atom stereocenters. The lowest BCUT2D eigenvalue weighted by atomic mass is 9.78. The minimum atomic E-state index is -0.609. The zero-order valence-electron chi connectivity index (χ0n) is 14.1. The van der Waals surface area contributed by atoms with Crippen molar-refractivity contribution >= 4 is 23.5 Å². The van der Waals surface area contributed by atoms with Gasteiger partial charge >= 0.3 is 5.97 Å². The van der Waals surface area contributed by atoms with Gasteiger partial charge in [0.05, 0.1) is 23.8 Å². The number of furan rings is 1. The van der Waals surface area contributed by atoms with Crippen molar-refractivity contribution in [3.8, 4) is 5.75 Å². The molecule has 0 spiro atoms. The average molecular weight is 351 g/mol. The normalized spacial score (nSPS) is 24.7. The van der Waals surface area contributed by atoms with Crippen molar-refractivity contribution in [2.24, 2.45) is 17.8 Å². The quantitative estimate of drug-likeness (QED) is 0.367. The number of benzene rings is 1. The van der Waals surface area contributed by atoms with Crippen LogP contribution >= 0.6 is 0 Å². The standard InChI is InChI=1S/C20H17NO5/c1-12-4-2-5-15-17(12)19(23)21(18(15)22)13-7-9-14(10-8-13)26-20(24)16-6-3-11-25-16/h2-4,6-12,15,17H,5H2,1H3/t12-,15+,17+/m0/s1. The maximum absolute atomic E-state index is 12.8. The van der Waals surface area contributed by atoms with Crippen LogP contribution in [0.5, 0.6) is 5.75 Å². The maximum Gasteiger partial charge on any atom is 0.379 e. The van der Waals surface area contributed by atoms with Crippen molar-refractivity contribution in [1.82, 2.24) is 0 Å². The first-order chi connectivity index (χ1) is 12.6. The van der Waals surface area contributed by atoms with E-state index in [1.54, 1.807) is 30.3 Å².